The summed E-state index contributed by atoms with van der Waals surface area (Å²) in [5.41, 5.74) is 6.76. The summed E-state index contributed by atoms with van der Waals surface area (Å²) in [5.74, 6) is 0. The number of hydrogen-bond acceptors (Lipinski definition) is 3. The maximum atomic E-state index is 12.3. The van der Waals surface area contributed by atoms with Crippen LogP contribution in [0.1, 0.15) is 18.5 Å². The van der Waals surface area contributed by atoms with Crippen LogP contribution in [0.25, 0.3) is 0 Å². The summed E-state index contributed by atoms with van der Waals surface area (Å²) >= 11 is 5.79. The molecule has 6 heteroatoms. The van der Waals surface area contributed by atoms with Gasteiger partial charge in [0.1, 0.15) is 0 Å². The van der Waals surface area contributed by atoms with Gasteiger partial charge in [0.25, 0.3) is 0 Å². The van der Waals surface area contributed by atoms with Crippen LogP contribution in [-0.2, 0) is 10.0 Å². The average molecular weight is 311 g/mol. The lowest BCUT2D eigenvalue weighted by Gasteiger charge is -2.15. The SMILES string of the molecule is C[C@@H](NS(=O)(=O)c1ccc(Cl)c(N)c1)c1ccccc1. The van der Waals surface area contributed by atoms with Gasteiger partial charge in [-0.05, 0) is 30.7 Å². The Bertz CT molecular complexity index is 702. The van der Waals surface area contributed by atoms with E-state index in [0.29, 0.717) is 5.02 Å². The number of nitrogens with two attached hydrogens (primary N) is 1. The third-order valence-electron chi connectivity index (χ3n) is 2.91. The van der Waals surface area contributed by atoms with Gasteiger partial charge < -0.3 is 5.73 Å². The molecule has 0 aromatic heterocycles. The van der Waals surface area contributed by atoms with Crippen molar-refractivity contribution in [3.8, 4) is 0 Å². The van der Waals surface area contributed by atoms with E-state index >= 15 is 0 Å². The lowest BCUT2D eigenvalue weighted by atomic mass is 10.1. The van der Waals surface area contributed by atoms with E-state index in [0.717, 1.165) is 5.56 Å². The third-order valence-corrected chi connectivity index (χ3v) is 4.79. The van der Waals surface area contributed by atoms with Crippen LogP contribution in [-0.4, -0.2) is 8.42 Å². The van der Waals surface area contributed by atoms with E-state index in [1.807, 2.05) is 30.3 Å². The summed E-state index contributed by atoms with van der Waals surface area (Å²) in [6.45, 7) is 1.78. The number of rotatable bonds is 4. The van der Waals surface area contributed by atoms with Crippen molar-refractivity contribution in [2.45, 2.75) is 17.9 Å². The molecule has 0 heterocycles. The number of nitrogen functional groups attached to an aromatic ring is 1. The molecule has 20 heavy (non-hydrogen) atoms. The number of halogens is 1. The van der Waals surface area contributed by atoms with E-state index in [1.165, 1.54) is 18.2 Å². The van der Waals surface area contributed by atoms with Crippen LogP contribution in [0.4, 0.5) is 5.69 Å². The Balaban J connectivity index is 2.25. The fourth-order valence-corrected chi connectivity index (χ4v) is 3.18. The number of benzene rings is 2. The van der Waals surface area contributed by atoms with E-state index in [4.69, 9.17) is 17.3 Å². The minimum absolute atomic E-state index is 0.0992. The molecule has 0 aliphatic carbocycles. The highest BCUT2D eigenvalue weighted by molar-refractivity contribution is 7.89. The Kier molecular flexibility index (Phi) is 4.32. The minimum Gasteiger partial charge on any atom is -0.397 e. The Morgan fingerprint density at radius 1 is 1.15 bits per heavy atom. The molecule has 4 nitrogen and oxygen atoms in total. The molecule has 2 aromatic carbocycles. The van der Waals surface area contributed by atoms with E-state index in [9.17, 15) is 8.42 Å². The zero-order valence-corrected chi connectivity index (χ0v) is 12.4. The number of anilines is 1. The van der Waals surface area contributed by atoms with Crippen LogP contribution in [0.15, 0.2) is 53.4 Å². The number of nitrogens with one attached hydrogen (secondary N) is 1. The molecule has 0 fully saturated rings. The van der Waals surface area contributed by atoms with Gasteiger partial charge >= 0.3 is 0 Å². The molecule has 0 spiro atoms. The Labute approximate surface area is 123 Å². The fourth-order valence-electron chi connectivity index (χ4n) is 1.80. The zero-order chi connectivity index (χ0) is 14.8. The molecule has 1 atom stereocenters. The Morgan fingerprint density at radius 3 is 2.40 bits per heavy atom. The molecule has 0 aliphatic rings. The number of hydrogen-bond donors (Lipinski definition) is 2. The quantitative estimate of drug-likeness (QED) is 0.853. The van der Waals surface area contributed by atoms with Crippen molar-refractivity contribution >= 4 is 27.3 Å². The summed E-state index contributed by atoms with van der Waals surface area (Å²) in [7, 11) is -3.64. The van der Waals surface area contributed by atoms with E-state index in [-0.39, 0.29) is 16.6 Å². The monoisotopic (exact) mass is 310 g/mol. The van der Waals surface area contributed by atoms with Gasteiger partial charge in [0, 0.05) is 6.04 Å². The molecule has 0 aliphatic heterocycles. The summed E-state index contributed by atoms with van der Waals surface area (Å²) in [6, 6.07) is 13.2. The molecular weight excluding hydrogens is 296 g/mol. The van der Waals surface area contributed by atoms with Crippen LogP contribution < -0.4 is 10.5 Å². The fraction of sp³-hybridized carbons (Fsp3) is 0.143. The van der Waals surface area contributed by atoms with Crippen LogP contribution >= 0.6 is 11.6 Å². The molecule has 106 valence electrons. The van der Waals surface area contributed by atoms with Crippen LogP contribution in [0.2, 0.25) is 5.02 Å². The van der Waals surface area contributed by atoms with Crippen LogP contribution in [0.3, 0.4) is 0 Å². The molecule has 0 saturated carbocycles. The maximum absolute atomic E-state index is 12.3. The van der Waals surface area contributed by atoms with Crippen molar-refractivity contribution in [2.24, 2.45) is 0 Å². The molecule has 2 rings (SSSR count). The topological polar surface area (TPSA) is 72.2 Å². The van der Waals surface area contributed by atoms with Gasteiger partial charge in [-0.15, -0.1) is 0 Å². The molecule has 0 unspecified atom stereocenters. The van der Waals surface area contributed by atoms with E-state index < -0.39 is 10.0 Å². The lowest BCUT2D eigenvalue weighted by molar-refractivity contribution is 0.567. The smallest absolute Gasteiger partial charge is 0.241 e. The standard InChI is InChI=1S/C14H15ClN2O2S/c1-10(11-5-3-2-4-6-11)17-20(18,19)12-7-8-13(15)14(16)9-12/h2-10,17H,16H2,1H3/t10-/m1/s1. The Morgan fingerprint density at radius 2 is 1.80 bits per heavy atom. The summed E-state index contributed by atoms with van der Waals surface area (Å²) in [5, 5.41) is 0.333. The van der Waals surface area contributed by atoms with Crippen molar-refractivity contribution in [1.82, 2.24) is 4.72 Å². The van der Waals surface area contributed by atoms with E-state index in [1.54, 1.807) is 6.92 Å². The second kappa shape index (κ2) is 5.83. The van der Waals surface area contributed by atoms with Gasteiger partial charge in [0.15, 0.2) is 0 Å². The van der Waals surface area contributed by atoms with Crippen molar-refractivity contribution in [3.63, 3.8) is 0 Å². The van der Waals surface area contributed by atoms with Crippen LogP contribution in [0, 0.1) is 0 Å². The van der Waals surface area contributed by atoms with Gasteiger partial charge in [0.2, 0.25) is 10.0 Å². The highest BCUT2D eigenvalue weighted by atomic mass is 35.5. The molecule has 0 amide bonds. The first-order valence-electron chi connectivity index (χ1n) is 6.02. The van der Waals surface area contributed by atoms with Gasteiger partial charge in [-0.3, -0.25) is 0 Å². The highest BCUT2D eigenvalue weighted by Crippen LogP contribution is 2.23. The molecule has 0 bridgehead atoms. The van der Waals surface area contributed by atoms with Gasteiger partial charge in [-0.2, -0.15) is 0 Å². The molecule has 2 aromatic rings. The second-order valence-corrected chi connectivity index (χ2v) is 6.56. The third kappa shape index (κ3) is 3.30. The largest absolute Gasteiger partial charge is 0.397 e. The van der Waals surface area contributed by atoms with Crippen molar-refractivity contribution in [2.75, 3.05) is 5.73 Å². The normalized spacial score (nSPS) is 13.1. The van der Waals surface area contributed by atoms with Crippen molar-refractivity contribution in [1.29, 1.82) is 0 Å². The average Bonchev–Trinajstić information content (AvgIpc) is 2.42. The summed E-state index contributed by atoms with van der Waals surface area (Å²) in [4.78, 5) is 0.0992. The second-order valence-electron chi connectivity index (χ2n) is 4.44. The van der Waals surface area contributed by atoms with Gasteiger partial charge in [-0.25, -0.2) is 13.1 Å². The lowest BCUT2D eigenvalue weighted by Crippen LogP contribution is -2.26. The number of sulfonamides is 1. The van der Waals surface area contributed by atoms with Crippen molar-refractivity contribution < 1.29 is 8.42 Å². The van der Waals surface area contributed by atoms with Crippen molar-refractivity contribution in [3.05, 3.63) is 59.1 Å². The summed E-state index contributed by atoms with van der Waals surface area (Å²) in [6.07, 6.45) is 0. The maximum Gasteiger partial charge on any atom is 0.241 e. The first-order valence-corrected chi connectivity index (χ1v) is 7.88. The zero-order valence-electron chi connectivity index (χ0n) is 10.9. The molecule has 0 saturated heterocycles. The molecule has 3 N–H and O–H groups in total. The predicted molar refractivity (Wildman–Crippen MR) is 81.0 cm³/mol. The Hall–Kier alpha value is -1.56. The van der Waals surface area contributed by atoms with Gasteiger partial charge in [0.05, 0.1) is 15.6 Å². The summed E-state index contributed by atoms with van der Waals surface area (Å²) < 4.78 is 27.1. The van der Waals surface area contributed by atoms with E-state index in [2.05, 4.69) is 4.72 Å². The predicted octanol–water partition coefficient (Wildman–Crippen LogP) is 2.96. The minimum atomic E-state index is -3.64. The molecular formula is C14H15ClN2O2S. The van der Waals surface area contributed by atoms with Gasteiger partial charge in [-0.1, -0.05) is 41.9 Å². The first kappa shape index (κ1) is 14.8. The highest BCUT2D eigenvalue weighted by Gasteiger charge is 2.18. The molecule has 0 radical (unpaired) electrons. The van der Waals surface area contributed by atoms with Crippen LogP contribution in [0.5, 0.6) is 0 Å². The first-order chi connectivity index (χ1) is 9.40.